The van der Waals surface area contributed by atoms with Crippen molar-refractivity contribution in [3.63, 3.8) is 0 Å². The molecule has 2 heteroatoms. The summed E-state index contributed by atoms with van der Waals surface area (Å²) in [7, 11) is 0. The summed E-state index contributed by atoms with van der Waals surface area (Å²) >= 11 is 2.30. The maximum atomic E-state index is 11.9. The van der Waals surface area contributed by atoms with Crippen LogP contribution in [-0.4, -0.2) is 5.78 Å². The molecule has 0 bridgehead atoms. The van der Waals surface area contributed by atoms with E-state index in [0.29, 0.717) is 5.78 Å². The molecule has 1 nitrogen and oxygen atoms in total. The van der Waals surface area contributed by atoms with E-state index in [0.717, 1.165) is 32.1 Å². The summed E-state index contributed by atoms with van der Waals surface area (Å²) in [5.74, 6) is 0.523. The standard InChI is InChI=1S/C11H15IO/c12-8-9-4-1-2-6-11(9)7-3-5-10(11)13/h8H,1-7H2/b9-8-. The molecule has 0 aliphatic heterocycles. The quantitative estimate of drug-likeness (QED) is 0.623. The predicted octanol–water partition coefficient (Wildman–Crippen LogP) is 3.62. The van der Waals surface area contributed by atoms with Crippen molar-refractivity contribution in [1.29, 1.82) is 0 Å². The zero-order valence-corrected chi connectivity index (χ0v) is 9.97. The Morgan fingerprint density at radius 1 is 1.15 bits per heavy atom. The second kappa shape index (κ2) is 3.71. The highest BCUT2D eigenvalue weighted by Gasteiger charge is 2.45. The van der Waals surface area contributed by atoms with Crippen molar-refractivity contribution in [2.24, 2.45) is 5.41 Å². The Balaban J connectivity index is 2.31. The molecular formula is C11H15IO. The molecule has 1 atom stereocenters. The molecule has 0 N–H and O–H groups in total. The van der Waals surface area contributed by atoms with Gasteiger partial charge in [-0.2, -0.15) is 0 Å². The highest BCUT2D eigenvalue weighted by atomic mass is 127. The monoisotopic (exact) mass is 290 g/mol. The number of halogens is 1. The van der Waals surface area contributed by atoms with Crippen molar-refractivity contribution in [1.82, 2.24) is 0 Å². The zero-order valence-electron chi connectivity index (χ0n) is 7.81. The van der Waals surface area contributed by atoms with Gasteiger partial charge in [-0.1, -0.05) is 34.6 Å². The first kappa shape index (κ1) is 9.69. The van der Waals surface area contributed by atoms with Crippen molar-refractivity contribution in [3.05, 3.63) is 9.66 Å². The van der Waals surface area contributed by atoms with Gasteiger partial charge >= 0.3 is 0 Å². The van der Waals surface area contributed by atoms with Crippen LogP contribution in [0, 0.1) is 5.41 Å². The number of carbonyl (C=O) groups excluding carboxylic acids is 1. The van der Waals surface area contributed by atoms with E-state index in [-0.39, 0.29) is 5.41 Å². The molecule has 0 amide bonds. The van der Waals surface area contributed by atoms with Crippen LogP contribution >= 0.6 is 22.6 Å². The largest absolute Gasteiger partial charge is 0.299 e. The fourth-order valence-corrected chi connectivity index (χ4v) is 3.74. The molecule has 0 aromatic carbocycles. The van der Waals surface area contributed by atoms with Crippen molar-refractivity contribution >= 4 is 28.4 Å². The molecule has 2 fully saturated rings. The Morgan fingerprint density at radius 3 is 2.54 bits per heavy atom. The van der Waals surface area contributed by atoms with Crippen LogP contribution in [0.3, 0.4) is 0 Å². The molecule has 1 spiro atoms. The van der Waals surface area contributed by atoms with Gasteiger partial charge in [-0.05, 0) is 36.2 Å². The predicted molar refractivity (Wildman–Crippen MR) is 61.9 cm³/mol. The highest BCUT2D eigenvalue weighted by Crippen LogP contribution is 2.50. The number of Topliss-reactive ketones (excluding diaryl/α,β-unsaturated/α-hetero) is 1. The second-order valence-corrected chi connectivity index (χ2v) is 4.82. The zero-order chi connectivity index (χ0) is 9.31. The lowest BCUT2D eigenvalue weighted by molar-refractivity contribution is -0.124. The molecule has 0 aromatic heterocycles. The van der Waals surface area contributed by atoms with Crippen LogP contribution in [0.2, 0.25) is 0 Å². The van der Waals surface area contributed by atoms with Crippen LogP contribution in [0.25, 0.3) is 0 Å². The summed E-state index contributed by atoms with van der Waals surface area (Å²) in [5, 5.41) is 0. The molecule has 0 heterocycles. The molecule has 13 heavy (non-hydrogen) atoms. The molecule has 2 aliphatic carbocycles. The smallest absolute Gasteiger partial charge is 0.143 e. The summed E-state index contributed by atoms with van der Waals surface area (Å²) in [4.78, 5) is 11.9. The van der Waals surface area contributed by atoms with Crippen LogP contribution in [-0.2, 0) is 4.79 Å². The van der Waals surface area contributed by atoms with Gasteiger partial charge in [0.2, 0.25) is 0 Å². The van der Waals surface area contributed by atoms with Crippen molar-refractivity contribution in [2.75, 3.05) is 0 Å². The molecule has 1 unspecified atom stereocenters. The first-order chi connectivity index (χ1) is 6.29. The molecular weight excluding hydrogens is 275 g/mol. The minimum atomic E-state index is 0.0133. The first-order valence-corrected chi connectivity index (χ1v) is 6.37. The van der Waals surface area contributed by atoms with Gasteiger partial charge in [0.05, 0.1) is 5.41 Å². The van der Waals surface area contributed by atoms with Crippen LogP contribution in [0.15, 0.2) is 9.66 Å². The van der Waals surface area contributed by atoms with Crippen LogP contribution in [0.5, 0.6) is 0 Å². The van der Waals surface area contributed by atoms with Gasteiger partial charge in [0.15, 0.2) is 0 Å². The lowest BCUT2D eigenvalue weighted by Crippen LogP contribution is -2.30. The van der Waals surface area contributed by atoms with Gasteiger partial charge in [0.25, 0.3) is 0 Å². The normalized spacial score (nSPS) is 37.6. The number of ketones is 1. The number of rotatable bonds is 0. The van der Waals surface area contributed by atoms with E-state index in [4.69, 9.17) is 0 Å². The molecule has 2 rings (SSSR count). The van der Waals surface area contributed by atoms with E-state index in [1.165, 1.54) is 18.4 Å². The molecule has 2 saturated carbocycles. The van der Waals surface area contributed by atoms with E-state index < -0.39 is 0 Å². The molecule has 0 aromatic rings. The van der Waals surface area contributed by atoms with Crippen molar-refractivity contribution in [3.8, 4) is 0 Å². The average Bonchev–Trinajstić information content (AvgIpc) is 2.50. The van der Waals surface area contributed by atoms with Crippen LogP contribution < -0.4 is 0 Å². The van der Waals surface area contributed by atoms with Gasteiger partial charge in [-0.15, -0.1) is 0 Å². The maximum Gasteiger partial charge on any atom is 0.143 e. The van der Waals surface area contributed by atoms with Crippen LogP contribution in [0.1, 0.15) is 44.9 Å². The minimum Gasteiger partial charge on any atom is -0.299 e. The second-order valence-electron chi connectivity index (χ2n) is 4.20. The Labute approximate surface area is 93.1 Å². The number of carbonyl (C=O) groups is 1. The fraction of sp³-hybridized carbons (Fsp3) is 0.727. The molecule has 0 saturated heterocycles. The minimum absolute atomic E-state index is 0.0133. The third-order valence-electron chi connectivity index (χ3n) is 3.59. The summed E-state index contributed by atoms with van der Waals surface area (Å²) in [6, 6.07) is 0. The van der Waals surface area contributed by atoms with Gasteiger partial charge in [0, 0.05) is 6.42 Å². The van der Waals surface area contributed by atoms with E-state index >= 15 is 0 Å². The summed E-state index contributed by atoms with van der Waals surface area (Å²) < 4.78 is 2.17. The SMILES string of the molecule is O=C1CCCC12CCCC/C2=C/I. The summed E-state index contributed by atoms with van der Waals surface area (Å²) in [5.41, 5.74) is 1.45. The van der Waals surface area contributed by atoms with E-state index in [9.17, 15) is 4.79 Å². The van der Waals surface area contributed by atoms with E-state index in [1.807, 2.05) is 0 Å². The Hall–Kier alpha value is 0.140. The van der Waals surface area contributed by atoms with E-state index in [2.05, 4.69) is 26.7 Å². The van der Waals surface area contributed by atoms with Crippen molar-refractivity contribution in [2.45, 2.75) is 44.9 Å². The Bertz CT molecular complexity index is 257. The van der Waals surface area contributed by atoms with Gasteiger partial charge in [-0.25, -0.2) is 0 Å². The van der Waals surface area contributed by atoms with Gasteiger partial charge in [0.1, 0.15) is 5.78 Å². The highest BCUT2D eigenvalue weighted by molar-refractivity contribution is 14.1. The molecule has 0 radical (unpaired) electrons. The number of hydrogen-bond donors (Lipinski definition) is 0. The number of hydrogen-bond acceptors (Lipinski definition) is 1. The average molecular weight is 290 g/mol. The Kier molecular flexibility index (Phi) is 2.77. The van der Waals surface area contributed by atoms with Crippen molar-refractivity contribution < 1.29 is 4.79 Å². The lowest BCUT2D eigenvalue weighted by atomic mass is 9.69. The number of allylic oxidation sites excluding steroid dienone is 1. The lowest BCUT2D eigenvalue weighted by Gasteiger charge is -2.34. The van der Waals surface area contributed by atoms with Crippen LogP contribution in [0.4, 0.5) is 0 Å². The fourth-order valence-electron chi connectivity index (χ4n) is 2.83. The molecule has 2 aliphatic rings. The maximum absolute atomic E-state index is 11.9. The third kappa shape index (κ3) is 1.47. The van der Waals surface area contributed by atoms with Gasteiger partial charge in [-0.3, -0.25) is 4.79 Å². The third-order valence-corrected chi connectivity index (χ3v) is 4.34. The van der Waals surface area contributed by atoms with E-state index in [1.54, 1.807) is 0 Å². The Morgan fingerprint density at radius 2 is 1.92 bits per heavy atom. The summed E-state index contributed by atoms with van der Waals surface area (Å²) in [6.45, 7) is 0. The van der Waals surface area contributed by atoms with Gasteiger partial charge < -0.3 is 0 Å². The first-order valence-electron chi connectivity index (χ1n) is 5.13. The molecule has 72 valence electrons. The topological polar surface area (TPSA) is 17.1 Å². The summed E-state index contributed by atoms with van der Waals surface area (Å²) in [6.07, 6.45) is 7.89.